The molecule has 16 heavy (non-hydrogen) atoms. The van der Waals surface area contributed by atoms with Crippen LogP contribution in [-0.2, 0) is 0 Å². The molecule has 0 saturated carbocycles. The predicted octanol–water partition coefficient (Wildman–Crippen LogP) is 3.44. The van der Waals surface area contributed by atoms with Gasteiger partial charge >= 0.3 is 0 Å². The second-order valence-electron chi connectivity index (χ2n) is 3.66. The number of aryl methyl sites for hydroxylation is 2. The number of nitrogens with one attached hydrogen (secondary N) is 1. The first-order valence-corrected chi connectivity index (χ1v) is 6.05. The molecule has 0 bridgehead atoms. The average molecular weight is 325 g/mol. The summed E-state index contributed by atoms with van der Waals surface area (Å²) < 4.78 is 1.20. The number of benzene rings is 1. The molecule has 1 N–H and O–H groups in total. The van der Waals surface area contributed by atoms with Crippen molar-refractivity contribution in [3.63, 3.8) is 0 Å². The van der Waals surface area contributed by atoms with Crippen molar-refractivity contribution < 1.29 is 0 Å². The van der Waals surface area contributed by atoms with Crippen molar-refractivity contribution in [3.8, 4) is 0 Å². The molecule has 0 radical (unpaired) electrons. The van der Waals surface area contributed by atoms with Gasteiger partial charge in [-0.1, -0.05) is 0 Å². The summed E-state index contributed by atoms with van der Waals surface area (Å²) in [6, 6.07) is 8.15. The summed E-state index contributed by atoms with van der Waals surface area (Å²) in [7, 11) is 0. The topological polar surface area (TPSA) is 37.8 Å². The lowest BCUT2D eigenvalue weighted by Gasteiger charge is -2.06. The zero-order valence-electron chi connectivity index (χ0n) is 9.16. The highest BCUT2D eigenvalue weighted by Crippen LogP contribution is 2.18. The molecule has 0 fully saturated rings. The molecule has 0 saturated heterocycles. The van der Waals surface area contributed by atoms with E-state index in [0.29, 0.717) is 5.95 Å². The lowest BCUT2D eigenvalue weighted by molar-refractivity contribution is 1.10. The largest absolute Gasteiger partial charge is 0.324 e. The van der Waals surface area contributed by atoms with Gasteiger partial charge in [0.05, 0.1) is 0 Å². The molecule has 2 rings (SSSR count). The van der Waals surface area contributed by atoms with E-state index >= 15 is 0 Å². The molecule has 2 aromatic rings. The van der Waals surface area contributed by atoms with Gasteiger partial charge in [0.1, 0.15) is 0 Å². The SMILES string of the molecule is Cc1cc(I)cc(Nc2nccc(C)n2)c1. The summed E-state index contributed by atoms with van der Waals surface area (Å²) in [5, 5.41) is 3.20. The fraction of sp³-hybridized carbons (Fsp3) is 0.167. The number of aromatic nitrogens is 2. The summed E-state index contributed by atoms with van der Waals surface area (Å²) in [5.41, 5.74) is 3.21. The Labute approximate surface area is 108 Å². The Morgan fingerprint density at radius 3 is 2.69 bits per heavy atom. The minimum atomic E-state index is 0.640. The van der Waals surface area contributed by atoms with E-state index in [1.165, 1.54) is 9.13 Å². The quantitative estimate of drug-likeness (QED) is 0.860. The fourth-order valence-corrected chi connectivity index (χ4v) is 2.27. The van der Waals surface area contributed by atoms with Crippen molar-refractivity contribution in [1.82, 2.24) is 9.97 Å². The molecule has 0 aliphatic carbocycles. The number of rotatable bonds is 2. The molecule has 0 amide bonds. The Morgan fingerprint density at radius 1 is 1.19 bits per heavy atom. The second-order valence-corrected chi connectivity index (χ2v) is 4.91. The number of hydrogen-bond acceptors (Lipinski definition) is 3. The third kappa shape index (κ3) is 2.91. The third-order valence-corrected chi connectivity index (χ3v) is 2.72. The van der Waals surface area contributed by atoms with Crippen molar-refractivity contribution in [1.29, 1.82) is 0 Å². The molecule has 1 aromatic heterocycles. The minimum Gasteiger partial charge on any atom is -0.324 e. The van der Waals surface area contributed by atoms with Crippen LogP contribution in [0.2, 0.25) is 0 Å². The van der Waals surface area contributed by atoms with Crippen LogP contribution in [0.15, 0.2) is 30.5 Å². The van der Waals surface area contributed by atoms with E-state index < -0.39 is 0 Å². The van der Waals surface area contributed by atoms with Gasteiger partial charge < -0.3 is 5.32 Å². The van der Waals surface area contributed by atoms with Gasteiger partial charge in [0.25, 0.3) is 0 Å². The maximum Gasteiger partial charge on any atom is 0.227 e. The molecule has 0 spiro atoms. The molecular formula is C12H12IN3. The van der Waals surface area contributed by atoms with E-state index in [2.05, 4.69) is 63.0 Å². The van der Waals surface area contributed by atoms with Gasteiger partial charge in [-0.15, -0.1) is 0 Å². The Bertz CT molecular complexity index is 491. The summed E-state index contributed by atoms with van der Waals surface area (Å²) >= 11 is 2.30. The Kier molecular flexibility index (Phi) is 3.38. The van der Waals surface area contributed by atoms with Gasteiger partial charge in [0.2, 0.25) is 5.95 Å². The van der Waals surface area contributed by atoms with Crippen molar-refractivity contribution >= 4 is 34.2 Å². The van der Waals surface area contributed by atoms with Gasteiger partial charge in [-0.3, -0.25) is 0 Å². The van der Waals surface area contributed by atoms with E-state index in [0.717, 1.165) is 11.4 Å². The number of nitrogens with zero attached hydrogens (tertiary/aromatic N) is 2. The molecular weight excluding hydrogens is 313 g/mol. The number of halogens is 1. The smallest absolute Gasteiger partial charge is 0.227 e. The van der Waals surface area contributed by atoms with Crippen molar-refractivity contribution in [3.05, 3.63) is 45.3 Å². The minimum absolute atomic E-state index is 0.640. The van der Waals surface area contributed by atoms with E-state index in [1.54, 1.807) is 6.20 Å². The highest BCUT2D eigenvalue weighted by atomic mass is 127. The number of hydrogen-bond donors (Lipinski definition) is 1. The van der Waals surface area contributed by atoms with Gasteiger partial charge in [0.15, 0.2) is 0 Å². The Hall–Kier alpha value is -1.17. The highest BCUT2D eigenvalue weighted by Gasteiger charge is 1.99. The predicted molar refractivity (Wildman–Crippen MR) is 73.9 cm³/mol. The van der Waals surface area contributed by atoms with Gasteiger partial charge in [-0.25, -0.2) is 9.97 Å². The van der Waals surface area contributed by atoms with Crippen LogP contribution >= 0.6 is 22.6 Å². The van der Waals surface area contributed by atoms with Crippen LogP contribution in [0.5, 0.6) is 0 Å². The first-order valence-electron chi connectivity index (χ1n) is 4.97. The van der Waals surface area contributed by atoms with E-state index in [4.69, 9.17) is 0 Å². The fourth-order valence-electron chi connectivity index (χ4n) is 1.45. The normalized spacial score (nSPS) is 10.2. The third-order valence-electron chi connectivity index (χ3n) is 2.09. The molecule has 1 aromatic carbocycles. The molecule has 0 aliphatic heterocycles. The van der Waals surface area contributed by atoms with Crippen LogP contribution < -0.4 is 5.32 Å². The molecule has 0 atom stereocenters. The van der Waals surface area contributed by atoms with Crippen molar-refractivity contribution in [2.24, 2.45) is 0 Å². The summed E-state index contributed by atoms with van der Waals surface area (Å²) in [6.45, 7) is 4.03. The van der Waals surface area contributed by atoms with Crippen LogP contribution in [0.4, 0.5) is 11.6 Å². The van der Waals surface area contributed by atoms with Crippen molar-refractivity contribution in [2.45, 2.75) is 13.8 Å². The van der Waals surface area contributed by atoms with Gasteiger partial charge in [-0.05, 0) is 66.3 Å². The zero-order chi connectivity index (χ0) is 11.5. The van der Waals surface area contributed by atoms with E-state index in [9.17, 15) is 0 Å². The molecule has 82 valence electrons. The maximum atomic E-state index is 4.30. The van der Waals surface area contributed by atoms with Crippen LogP contribution in [-0.4, -0.2) is 9.97 Å². The van der Waals surface area contributed by atoms with Crippen LogP contribution in [0, 0.1) is 17.4 Å². The first-order chi connectivity index (χ1) is 7.63. The highest BCUT2D eigenvalue weighted by molar-refractivity contribution is 14.1. The standard InChI is InChI=1S/C12H12IN3/c1-8-5-10(13)7-11(6-8)16-12-14-4-3-9(2)15-12/h3-7H,1-2H3,(H,14,15,16). The molecule has 0 aliphatic rings. The summed E-state index contributed by atoms with van der Waals surface area (Å²) in [4.78, 5) is 8.47. The number of anilines is 2. The Balaban J connectivity index is 2.27. The molecule has 0 unspecified atom stereocenters. The summed E-state index contributed by atoms with van der Waals surface area (Å²) in [5.74, 6) is 0.640. The maximum absolute atomic E-state index is 4.30. The van der Waals surface area contributed by atoms with Gasteiger partial charge in [-0.2, -0.15) is 0 Å². The zero-order valence-corrected chi connectivity index (χ0v) is 11.3. The molecule has 1 heterocycles. The Morgan fingerprint density at radius 2 is 2.00 bits per heavy atom. The van der Waals surface area contributed by atoms with Crippen LogP contribution in [0.3, 0.4) is 0 Å². The van der Waals surface area contributed by atoms with E-state index in [-0.39, 0.29) is 0 Å². The molecule has 4 heteroatoms. The first kappa shape index (κ1) is 11.3. The molecule has 3 nitrogen and oxygen atoms in total. The van der Waals surface area contributed by atoms with Crippen LogP contribution in [0.1, 0.15) is 11.3 Å². The summed E-state index contributed by atoms with van der Waals surface area (Å²) in [6.07, 6.45) is 1.76. The monoisotopic (exact) mass is 325 g/mol. The van der Waals surface area contributed by atoms with E-state index in [1.807, 2.05) is 13.0 Å². The van der Waals surface area contributed by atoms with Crippen molar-refractivity contribution in [2.75, 3.05) is 5.32 Å². The second kappa shape index (κ2) is 4.78. The lowest BCUT2D eigenvalue weighted by Crippen LogP contribution is -1.98. The lowest BCUT2D eigenvalue weighted by atomic mass is 10.2. The average Bonchev–Trinajstić information content (AvgIpc) is 2.15. The van der Waals surface area contributed by atoms with Crippen LogP contribution in [0.25, 0.3) is 0 Å². The van der Waals surface area contributed by atoms with Gasteiger partial charge in [0, 0.05) is 21.1 Å².